The van der Waals surface area contributed by atoms with Crippen LogP contribution in [0.2, 0.25) is 0 Å². The van der Waals surface area contributed by atoms with E-state index in [0.717, 1.165) is 5.82 Å². The van der Waals surface area contributed by atoms with Crippen molar-refractivity contribution in [2.75, 3.05) is 11.9 Å². The van der Waals surface area contributed by atoms with Gasteiger partial charge >= 0.3 is 6.18 Å². The summed E-state index contributed by atoms with van der Waals surface area (Å²) in [5.41, 5.74) is 0.673. The van der Waals surface area contributed by atoms with Gasteiger partial charge in [0.25, 0.3) is 0 Å². The quantitative estimate of drug-likeness (QED) is 0.916. The molecule has 8 heteroatoms. The molecular weight excluding hydrogens is 273 g/mol. The van der Waals surface area contributed by atoms with Gasteiger partial charge < -0.3 is 14.6 Å². The van der Waals surface area contributed by atoms with Gasteiger partial charge in [-0.3, -0.25) is 0 Å². The van der Waals surface area contributed by atoms with Gasteiger partial charge in [0, 0.05) is 25.5 Å². The molecule has 2 aromatic rings. The minimum absolute atomic E-state index is 0.0649. The van der Waals surface area contributed by atoms with Crippen LogP contribution in [0.25, 0.3) is 0 Å². The van der Waals surface area contributed by atoms with E-state index in [1.54, 1.807) is 12.3 Å². The van der Waals surface area contributed by atoms with Gasteiger partial charge in [0.2, 0.25) is 5.88 Å². The third-order valence-electron chi connectivity index (χ3n) is 2.49. The number of hydrogen-bond donors (Lipinski definition) is 1. The Bertz CT molecular complexity index is 551. The van der Waals surface area contributed by atoms with Gasteiger partial charge in [-0.2, -0.15) is 13.2 Å². The number of alkyl halides is 3. The minimum Gasteiger partial charge on any atom is -0.468 e. The van der Waals surface area contributed by atoms with E-state index in [1.807, 2.05) is 17.8 Å². The zero-order valence-electron chi connectivity index (χ0n) is 10.7. The molecule has 0 aromatic carbocycles. The van der Waals surface area contributed by atoms with Crippen molar-refractivity contribution in [1.82, 2.24) is 14.5 Å². The molecule has 20 heavy (non-hydrogen) atoms. The first kappa shape index (κ1) is 14.2. The number of pyridine rings is 1. The summed E-state index contributed by atoms with van der Waals surface area (Å²) in [6.45, 7) is -0.853. The molecule has 1 N–H and O–H groups in total. The van der Waals surface area contributed by atoms with Gasteiger partial charge in [0.1, 0.15) is 5.82 Å². The number of aryl methyl sites for hydroxylation is 1. The lowest BCUT2D eigenvalue weighted by molar-refractivity contribution is -0.154. The fraction of sp³-hybridized carbons (Fsp3) is 0.333. The van der Waals surface area contributed by atoms with Crippen molar-refractivity contribution in [3.05, 3.63) is 36.5 Å². The normalized spacial score (nSPS) is 11.4. The SMILES string of the molecule is Cn1ccnc1CNc1ccc(OCC(F)(F)F)nc1. The lowest BCUT2D eigenvalue weighted by Crippen LogP contribution is -2.19. The third kappa shape index (κ3) is 4.15. The van der Waals surface area contributed by atoms with Crippen molar-refractivity contribution in [3.63, 3.8) is 0 Å². The highest BCUT2D eigenvalue weighted by molar-refractivity contribution is 5.42. The number of ether oxygens (including phenoxy) is 1. The Labute approximate surface area is 113 Å². The van der Waals surface area contributed by atoms with E-state index >= 15 is 0 Å². The Hall–Kier alpha value is -2.25. The summed E-state index contributed by atoms with van der Waals surface area (Å²) in [6.07, 6.45) is 0.554. The Morgan fingerprint density at radius 3 is 2.65 bits per heavy atom. The van der Waals surface area contributed by atoms with Crippen LogP contribution >= 0.6 is 0 Å². The van der Waals surface area contributed by atoms with E-state index in [2.05, 4.69) is 20.0 Å². The van der Waals surface area contributed by atoms with E-state index in [1.165, 1.54) is 12.3 Å². The fourth-order valence-electron chi connectivity index (χ4n) is 1.47. The number of anilines is 1. The summed E-state index contributed by atoms with van der Waals surface area (Å²) >= 11 is 0. The maximum atomic E-state index is 12.0. The molecule has 0 amide bonds. The van der Waals surface area contributed by atoms with Crippen molar-refractivity contribution in [1.29, 1.82) is 0 Å². The highest BCUT2D eigenvalue weighted by Gasteiger charge is 2.28. The minimum atomic E-state index is -4.36. The average molecular weight is 286 g/mol. The smallest absolute Gasteiger partial charge is 0.422 e. The van der Waals surface area contributed by atoms with Crippen molar-refractivity contribution >= 4 is 5.69 Å². The Kier molecular flexibility index (Phi) is 4.11. The van der Waals surface area contributed by atoms with Crippen LogP contribution in [0.15, 0.2) is 30.7 Å². The molecule has 2 rings (SSSR count). The van der Waals surface area contributed by atoms with Crippen molar-refractivity contribution in [3.8, 4) is 5.88 Å². The Morgan fingerprint density at radius 2 is 2.10 bits per heavy atom. The molecule has 0 fully saturated rings. The molecule has 0 aliphatic heterocycles. The molecule has 0 unspecified atom stereocenters. The van der Waals surface area contributed by atoms with E-state index in [9.17, 15) is 13.2 Å². The molecule has 0 spiro atoms. The van der Waals surface area contributed by atoms with Crippen LogP contribution in [-0.2, 0) is 13.6 Å². The lowest BCUT2D eigenvalue weighted by Gasteiger charge is -2.09. The average Bonchev–Trinajstić information content (AvgIpc) is 2.80. The van der Waals surface area contributed by atoms with Crippen LogP contribution in [0.5, 0.6) is 5.88 Å². The van der Waals surface area contributed by atoms with Gasteiger partial charge in [-0.05, 0) is 6.07 Å². The molecule has 2 aromatic heterocycles. The predicted octanol–water partition coefficient (Wildman–Crippen LogP) is 2.37. The van der Waals surface area contributed by atoms with Gasteiger partial charge in [0.05, 0.1) is 18.4 Å². The van der Waals surface area contributed by atoms with E-state index in [0.29, 0.717) is 12.2 Å². The molecule has 0 saturated carbocycles. The molecule has 0 aliphatic carbocycles. The highest BCUT2D eigenvalue weighted by atomic mass is 19.4. The van der Waals surface area contributed by atoms with Crippen molar-refractivity contribution in [2.24, 2.45) is 7.05 Å². The molecule has 0 bridgehead atoms. The molecule has 0 aliphatic rings. The van der Waals surface area contributed by atoms with Crippen LogP contribution < -0.4 is 10.1 Å². The summed E-state index contributed by atoms with van der Waals surface area (Å²) in [7, 11) is 1.87. The maximum absolute atomic E-state index is 12.0. The number of nitrogens with one attached hydrogen (secondary N) is 1. The third-order valence-corrected chi connectivity index (χ3v) is 2.49. The summed E-state index contributed by atoms with van der Waals surface area (Å²) in [6, 6.07) is 2.98. The summed E-state index contributed by atoms with van der Waals surface area (Å²) in [5.74, 6) is 0.771. The maximum Gasteiger partial charge on any atom is 0.422 e. The van der Waals surface area contributed by atoms with Gasteiger partial charge in [-0.1, -0.05) is 0 Å². The first-order chi connectivity index (χ1) is 9.44. The first-order valence-corrected chi connectivity index (χ1v) is 5.80. The first-order valence-electron chi connectivity index (χ1n) is 5.80. The number of rotatable bonds is 5. The van der Waals surface area contributed by atoms with Crippen LogP contribution in [0.4, 0.5) is 18.9 Å². The van der Waals surface area contributed by atoms with Gasteiger partial charge in [-0.15, -0.1) is 0 Å². The Balaban J connectivity index is 1.87. The van der Waals surface area contributed by atoms with E-state index in [-0.39, 0.29) is 5.88 Å². The van der Waals surface area contributed by atoms with Crippen LogP contribution in [0, 0.1) is 0 Å². The zero-order valence-corrected chi connectivity index (χ0v) is 10.7. The van der Waals surface area contributed by atoms with Crippen LogP contribution in [0.3, 0.4) is 0 Å². The topological polar surface area (TPSA) is 52.0 Å². The second kappa shape index (κ2) is 5.81. The van der Waals surface area contributed by atoms with E-state index in [4.69, 9.17) is 0 Å². The molecule has 0 saturated heterocycles. The zero-order chi connectivity index (χ0) is 14.6. The standard InChI is InChI=1S/C12H13F3N4O/c1-19-5-4-16-10(19)7-17-9-2-3-11(18-6-9)20-8-12(13,14)15/h2-6,17H,7-8H2,1H3. The van der Waals surface area contributed by atoms with Gasteiger partial charge in [0.15, 0.2) is 6.61 Å². The molecule has 108 valence electrons. The number of halogens is 3. The number of nitrogens with zero attached hydrogens (tertiary/aromatic N) is 3. The monoisotopic (exact) mass is 286 g/mol. The highest BCUT2D eigenvalue weighted by Crippen LogP contribution is 2.18. The predicted molar refractivity (Wildman–Crippen MR) is 66.3 cm³/mol. The second-order valence-electron chi connectivity index (χ2n) is 4.10. The largest absolute Gasteiger partial charge is 0.468 e. The number of imidazole rings is 1. The number of hydrogen-bond acceptors (Lipinski definition) is 4. The summed E-state index contributed by atoms with van der Waals surface area (Å²) in [4.78, 5) is 7.93. The molecule has 2 heterocycles. The van der Waals surface area contributed by atoms with E-state index < -0.39 is 12.8 Å². The fourth-order valence-corrected chi connectivity index (χ4v) is 1.47. The number of aromatic nitrogens is 3. The molecular formula is C12H13F3N4O. The van der Waals surface area contributed by atoms with Gasteiger partial charge in [-0.25, -0.2) is 9.97 Å². The molecule has 0 radical (unpaired) electrons. The molecule has 5 nitrogen and oxygen atoms in total. The Morgan fingerprint density at radius 1 is 1.30 bits per heavy atom. The summed E-state index contributed by atoms with van der Waals surface area (Å²) in [5, 5.41) is 3.06. The second-order valence-corrected chi connectivity index (χ2v) is 4.10. The van der Waals surface area contributed by atoms with Crippen LogP contribution in [-0.4, -0.2) is 27.3 Å². The lowest BCUT2D eigenvalue weighted by atomic mass is 10.4. The molecule has 0 atom stereocenters. The van der Waals surface area contributed by atoms with Crippen LogP contribution in [0.1, 0.15) is 5.82 Å². The summed E-state index contributed by atoms with van der Waals surface area (Å²) < 4.78 is 42.3. The van der Waals surface area contributed by atoms with Crippen molar-refractivity contribution in [2.45, 2.75) is 12.7 Å². The van der Waals surface area contributed by atoms with Crippen molar-refractivity contribution < 1.29 is 17.9 Å².